The van der Waals surface area contributed by atoms with Crippen molar-refractivity contribution in [2.75, 3.05) is 39.3 Å². The van der Waals surface area contributed by atoms with Crippen LogP contribution in [0.2, 0.25) is 0 Å². The van der Waals surface area contributed by atoms with Crippen LogP contribution in [0.1, 0.15) is 10.4 Å². The van der Waals surface area contributed by atoms with Gasteiger partial charge in [0, 0.05) is 24.8 Å². The molecule has 0 aliphatic carbocycles. The van der Waals surface area contributed by atoms with Crippen LogP contribution in [0.25, 0.3) is 0 Å². The Hall–Kier alpha value is -2.61. The van der Waals surface area contributed by atoms with Crippen molar-refractivity contribution < 1.29 is 23.9 Å². The molecule has 2 aliphatic rings. The van der Waals surface area contributed by atoms with Crippen LogP contribution in [0.5, 0.6) is 0 Å². The number of ether oxygens (including phenoxy) is 2. The summed E-state index contributed by atoms with van der Waals surface area (Å²) in [6.45, 7) is 0.899. The van der Waals surface area contributed by atoms with Gasteiger partial charge in [0.1, 0.15) is 0 Å². The zero-order chi connectivity index (χ0) is 17.5. The predicted molar refractivity (Wildman–Crippen MR) is 84.4 cm³/mol. The molecule has 0 spiro atoms. The Morgan fingerprint density at radius 1 is 1.29 bits per heavy atom. The number of rotatable bonds is 3. The van der Waals surface area contributed by atoms with Gasteiger partial charge in [-0.3, -0.25) is 9.69 Å². The fourth-order valence-electron chi connectivity index (χ4n) is 3.44. The summed E-state index contributed by atoms with van der Waals surface area (Å²) in [5.74, 6) is -1.58. The van der Waals surface area contributed by atoms with E-state index < -0.39 is 23.5 Å². The van der Waals surface area contributed by atoms with Gasteiger partial charge in [-0.1, -0.05) is 6.07 Å². The number of benzene rings is 1. The largest absolute Gasteiger partial charge is 0.466 e. The summed E-state index contributed by atoms with van der Waals surface area (Å²) in [6.07, 6.45) is 0. The topological polar surface area (TPSA) is 88.2 Å². The normalized spacial score (nSPS) is 26.0. The molecule has 24 heavy (non-hydrogen) atoms. The smallest absolute Gasteiger partial charge is 0.357 e. The van der Waals surface area contributed by atoms with Crippen LogP contribution in [-0.4, -0.2) is 68.8 Å². The van der Waals surface area contributed by atoms with Crippen molar-refractivity contribution in [2.45, 2.75) is 11.7 Å². The zero-order valence-corrected chi connectivity index (χ0v) is 13.7. The quantitative estimate of drug-likeness (QED) is 0.594. The van der Waals surface area contributed by atoms with Crippen molar-refractivity contribution in [2.24, 2.45) is 0 Å². The molecule has 8 heteroatoms. The van der Waals surface area contributed by atoms with Gasteiger partial charge >= 0.3 is 11.9 Å². The van der Waals surface area contributed by atoms with E-state index in [1.807, 2.05) is 0 Å². The molecule has 2 saturated heterocycles. The van der Waals surface area contributed by atoms with Crippen LogP contribution in [0.4, 0.5) is 5.69 Å². The Balaban J connectivity index is 2.11. The summed E-state index contributed by atoms with van der Waals surface area (Å²) in [6, 6.07) is 6.62. The maximum Gasteiger partial charge on any atom is 0.357 e. The van der Waals surface area contributed by atoms with Crippen LogP contribution < -0.4 is 10.2 Å². The van der Waals surface area contributed by atoms with Gasteiger partial charge in [-0.2, -0.15) is 0 Å². The predicted octanol–water partition coefficient (Wildman–Crippen LogP) is -0.407. The molecule has 0 aromatic heterocycles. The molecule has 1 aromatic rings. The lowest BCUT2D eigenvalue weighted by Gasteiger charge is -2.41. The van der Waals surface area contributed by atoms with Crippen molar-refractivity contribution in [3.05, 3.63) is 29.8 Å². The molecular formula is C16H19N3O5. The lowest BCUT2D eigenvalue weighted by molar-refractivity contribution is -0.161. The summed E-state index contributed by atoms with van der Waals surface area (Å²) in [4.78, 5) is 40.4. The molecule has 0 radical (unpaired) electrons. The van der Waals surface area contributed by atoms with Crippen LogP contribution in [0, 0.1) is 0 Å². The molecule has 0 saturated carbocycles. The summed E-state index contributed by atoms with van der Waals surface area (Å²) >= 11 is 0. The highest BCUT2D eigenvalue weighted by molar-refractivity contribution is 6.11. The minimum Gasteiger partial charge on any atom is -0.466 e. The van der Waals surface area contributed by atoms with E-state index in [1.54, 1.807) is 41.1 Å². The average Bonchev–Trinajstić information content (AvgIpc) is 2.81. The number of hydrogen-bond acceptors (Lipinski definition) is 7. The number of nitrogens with zero attached hydrogens (tertiary/aromatic N) is 2. The first kappa shape index (κ1) is 16.3. The molecule has 2 aliphatic heterocycles. The van der Waals surface area contributed by atoms with Crippen molar-refractivity contribution in [1.82, 2.24) is 10.2 Å². The van der Waals surface area contributed by atoms with Crippen molar-refractivity contribution in [3.63, 3.8) is 0 Å². The number of nitrogens with one attached hydrogen (secondary N) is 1. The van der Waals surface area contributed by atoms with Gasteiger partial charge in [0.05, 0.1) is 19.8 Å². The van der Waals surface area contributed by atoms with E-state index in [2.05, 4.69) is 5.32 Å². The second-order valence-electron chi connectivity index (χ2n) is 5.79. The molecule has 1 aromatic carbocycles. The molecule has 1 amide bonds. The van der Waals surface area contributed by atoms with Crippen molar-refractivity contribution in [3.8, 4) is 0 Å². The molecule has 2 unspecified atom stereocenters. The second-order valence-corrected chi connectivity index (χ2v) is 5.79. The van der Waals surface area contributed by atoms with Crippen LogP contribution >= 0.6 is 0 Å². The first-order valence-electron chi connectivity index (χ1n) is 7.52. The van der Waals surface area contributed by atoms with Gasteiger partial charge in [0.2, 0.25) is 0 Å². The second kappa shape index (κ2) is 5.79. The molecule has 8 nitrogen and oxygen atoms in total. The van der Waals surface area contributed by atoms with E-state index in [4.69, 9.17) is 9.47 Å². The Morgan fingerprint density at radius 2 is 2.04 bits per heavy atom. The summed E-state index contributed by atoms with van der Waals surface area (Å²) in [5, 5.41) is 2.76. The molecule has 1 N–H and O–H groups in total. The van der Waals surface area contributed by atoms with Gasteiger partial charge < -0.3 is 19.7 Å². The molecule has 2 bridgehead atoms. The highest BCUT2D eigenvalue weighted by Gasteiger charge is 2.64. The number of likely N-dealkylation sites (N-methyl/N-ethyl adjacent to an activating group) is 1. The van der Waals surface area contributed by atoms with Gasteiger partial charge in [-0.25, -0.2) is 9.59 Å². The van der Waals surface area contributed by atoms with E-state index in [-0.39, 0.29) is 6.04 Å². The number of amides is 1. The number of carbonyl (C=O) groups excluding carboxylic acids is 3. The molecule has 128 valence electrons. The first-order chi connectivity index (χ1) is 11.5. The van der Waals surface area contributed by atoms with Gasteiger partial charge in [0.25, 0.3) is 11.6 Å². The van der Waals surface area contributed by atoms with Crippen molar-refractivity contribution in [1.29, 1.82) is 0 Å². The number of anilines is 1. The highest BCUT2D eigenvalue weighted by Crippen LogP contribution is 2.38. The summed E-state index contributed by atoms with van der Waals surface area (Å²) in [5.41, 5.74) is -0.652. The number of carbonyl (C=O) groups is 3. The van der Waals surface area contributed by atoms with E-state index in [0.29, 0.717) is 24.3 Å². The molecular weight excluding hydrogens is 314 g/mol. The summed E-state index contributed by atoms with van der Waals surface area (Å²) < 4.78 is 9.67. The molecule has 2 heterocycles. The van der Waals surface area contributed by atoms with Crippen molar-refractivity contribution >= 4 is 23.5 Å². The number of fused-ring (bicyclic) bond motifs is 2. The molecule has 2 fully saturated rings. The SMILES string of the molecule is COC(=O)c1cccc(N2CC3CNC(=O)C2(C(=O)OC)N3C)c1. The fraction of sp³-hybridized carbons (Fsp3) is 0.438. The van der Waals surface area contributed by atoms with E-state index >= 15 is 0 Å². The lowest BCUT2D eigenvalue weighted by Crippen LogP contribution is -2.71. The average molecular weight is 333 g/mol. The first-order valence-corrected chi connectivity index (χ1v) is 7.52. The number of piperazine rings is 1. The van der Waals surface area contributed by atoms with Crippen LogP contribution in [-0.2, 0) is 19.1 Å². The van der Waals surface area contributed by atoms with E-state index in [9.17, 15) is 14.4 Å². The lowest BCUT2D eigenvalue weighted by atomic mass is 10.0. The van der Waals surface area contributed by atoms with Crippen LogP contribution in [0.15, 0.2) is 24.3 Å². The Kier molecular flexibility index (Phi) is 3.92. The van der Waals surface area contributed by atoms with Gasteiger partial charge in [-0.05, 0) is 25.2 Å². The third-order valence-electron chi connectivity index (χ3n) is 4.71. The van der Waals surface area contributed by atoms with Crippen LogP contribution in [0.3, 0.4) is 0 Å². The maximum atomic E-state index is 12.7. The van der Waals surface area contributed by atoms with Gasteiger partial charge in [0.15, 0.2) is 0 Å². The monoisotopic (exact) mass is 333 g/mol. The standard InChI is InChI=1S/C16H19N3O5/c1-18-12-8-17-14(21)16(18,15(22)24-3)19(9-12)11-6-4-5-10(7-11)13(20)23-2/h4-7,12H,8-9H2,1-3H3,(H,17,21). The maximum absolute atomic E-state index is 12.7. The fourth-order valence-corrected chi connectivity index (χ4v) is 3.44. The Morgan fingerprint density at radius 3 is 2.71 bits per heavy atom. The van der Waals surface area contributed by atoms with Gasteiger partial charge in [-0.15, -0.1) is 0 Å². The third-order valence-corrected chi connectivity index (χ3v) is 4.71. The number of hydrogen-bond donors (Lipinski definition) is 1. The molecule has 2 atom stereocenters. The minimum atomic E-state index is -1.58. The van der Waals surface area contributed by atoms with E-state index in [1.165, 1.54) is 14.2 Å². The number of methoxy groups -OCH3 is 2. The zero-order valence-electron chi connectivity index (χ0n) is 13.7. The highest BCUT2D eigenvalue weighted by atomic mass is 16.5. The number of esters is 2. The third kappa shape index (κ3) is 2.06. The summed E-state index contributed by atoms with van der Waals surface area (Å²) in [7, 11) is 4.28. The Labute approximate surface area is 139 Å². The minimum absolute atomic E-state index is 0.0383. The van der Waals surface area contributed by atoms with E-state index in [0.717, 1.165) is 0 Å². The molecule has 3 rings (SSSR count). The Bertz CT molecular complexity index is 697.